The highest BCUT2D eigenvalue weighted by atomic mass is 16.5. The highest BCUT2D eigenvalue weighted by Gasteiger charge is 2.20. The first-order valence-electron chi connectivity index (χ1n) is 37.2. The van der Waals surface area contributed by atoms with E-state index in [1.807, 2.05) is 0 Å². The topological polar surface area (TPSA) is 95.9 Å². The molecule has 0 aromatic heterocycles. The molecule has 0 heterocycles. The Bertz CT molecular complexity index is 1330. The summed E-state index contributed by atoms with van der Waals surface area (Å²) >= 11 is 0. The molecule has 3 N–H and O–H groups in total. The summed E-state index contributed by atoms with van der Waals surface area (Å²) in [6.45, 7) is 4.98. The van der Waals surface area contributed by atoms with Gasteiger partial charge < -0.3 is 20.3 Å². The molecule has 0 aliphatic rings. The van der Waals surface area contributed by atoms with Crippen LogP contribution in [0, 0.1) is 0 Å². The lowest BCUT2D eigenvalue weighted by molar-refractivity contribution is -0.143. The molecule has 484 valence electrons. The van der Waals surface area contributed by atoms with Crippen molar-refractivity contribution < 1.29 is 24.5 Å². The molecule has 0 bridgehead atoms. The van der Waals surface area contributed by atoms with Gasteiger partial charge in [0.05, 0.1) is 25.4 Å². The molecule has 0 aliphatic heterocycles. The molecule has 0 aliphatic carbocycles. The van der Waals surface area contributed by atoms with Crippen molar-refractivity contribution in [3.8, 4) is 0 Å². The van der Waals surface area contributed by atoms with Crippen LogP contribution in [0.25, 0.3) is 0 Å². The third kappa shape index (κ3) is 67.2. The number of rotatable bonds is 70. The second-order valence-electron chi connectivity index (χ2n) is 25.6. The maximum absolute atomic E-state index is 12.5. The molecular formula is C76H145NO5. The van der Waals surface area contributed by atoms with E-state index in [2.05, 4.69) is 55.6 Å². The zero-order valence-corrected chi connectivity index (χ0v) is 55.5. The van der Waals surface area contributed by atoms with E-state index in [0.29, 0.717) is 25.9 Å². The number of hydrogen-bond acceptors (Lipinski definition) is 5. The molecule has 0 saturated heterocycles. The average molecular weight is 1150 g/mol. The number of allylic oxidation sites excluding steroid dienone is 6. The number of carbonyl (C=O) groups excluding carboxylic acids is 2. The van der Waals surface area contributed by atoms with Gasteiger partial charge in [-0.1, -0.05) is 352 Å². The maximum Gasteiger partial charge on any atom is 0.305 e. The third-order valence-electron chi connectivity index (χ3n) is 17.4. The average Bonchev–Trinajstić information content (AvgIpc) is 3.48. The minimum atomic E-state index is -0.664. The van der Waals surface area contributed by atoms with Gasteiger partial charge in [0.1, 0.15) is 0 Å². The minimum Gasteiger partial charge on any atom is -0.466 e. The highest BCUT2D eigenvalue weighted by Crippen LogP contribution is 2.19. The first-order chi connectivity index (χ1) is 40.5. The van der Waals surface area contributed by atoms with Crippen molar-refractivity contribution in [3.63, 3.8) is 0 Å². The van der Waals surface area contributed by atoms with Gasteiger partial charge in [0.25, 0.3) is 0 Å². The number of carbonyl (C=O) groups is 2. The number of amides is 1. The Hall–Kier alpha value is -1.92. The molecule has 2 unspecified atom stereocenters. The Balaban J connectivity index is 3.38. The second-order valence-corrected chi connectivity index (χ2v) is 25.6. The van der Waals surface area contributed by atoms with E-state index >= 15 is 0 Å². The Kier molecular flexibility index (Phi) is 69.9. The lowest BCUT2D eigenvalue weighted by atomic mass is 10.0. The van der Waals surface area contributed by atoms with E-state index in [1.54, 1.807) is 0 Å². The van der Waals surface area contributed by atoms with Crippen LogP contribution in [0.3, 0.4) is 0 Å². The maximum atomic E-state index is 12.5. The zero-order chi connectivity index (χ0) is 59.2. The lowest BCUT2D eigenvalue weighted by Crippen LogP contribution is -2.45. The fourth-order valence-corrected chi connectivity index (χ4v) is 11.7. The lowest BCUT2D eigenvalue weighted by Gasteiger charge is -2.22. The summed E-state index contributed by atoms with van der Waals surface area (Å²) in [7, 11) is 0. The van der Waals surface area contributed by atoms with Gasteiger partial charge in [-0.05, 0) is 83.5 Å². The molecule has 0 fully saturated rings. The number of unbranched alkanes of at least 4 members (excludes halogenated alkanes) is 53. The van der Waals surface area contributed by atoms with Crippen LogP contribution in [-0.2, 0) is 14.3 Å². The highest BCUT2D eigenvalue weighted by molar-refractivity contribution is 5.76. The second kappa shape index (κ2) is 71.6. The molecule has 0 aromatic carbocycles. The monoisotopic (exact) mass is 1150 g/mol. The number of aliphatic hydroxyl groups excluding tert-OH is 2. The molecule has 0 aromatic rings. The first kappa shape index (κ1) is 80.1. The van der Waals surface area contributed by atoms with Crippen molar-refractivity contribution in [1.82, 2.24) is 5.32 Å². The van der Waals surface area contributed by atoms with Crippen molar-refractivity contribution in [3.05, 3.63) is 36.5 Å². The van der Waals surface area contributed by atoms with E-state index < -0.39 is 12.1 Å². The SMILES string of the molecule is CCCCCCCC/C=C\CCCCCCCCCC(=O)OCCCCCCCCCCC/C=C\C/C=C\CCCCCCCCCCCCCCCCCC(=O)NC(CO)C(O)CCCCCCCCCCCCCCCCCCC. The summed E-state index contributed by atoms with van der Waals surface area (Å²) in [5.41, 5.74) is 0. The van der Waals surface area contributed by atoms with Gasteiger partial charge in [0.15, 0.2) is 0 Å². The molecule has 0 saturated carbocycles. The van der Waals surface area contributed by atoms with Crippen LogP contribution in [0.2, 0.25) is 0 Å². The van der Waals surface area contributed by atoms with Crippen molar-refractivity contribution in [2.75, 3.05) is 13.2 Å². The van der Waals surface area contributed by atoms with Crippen LogP contribution in [-0.4, -0.2) is 47.4 Å². The van der Waals surface area contributed by atoms with E-state index in [4.69, 9.17) is 4.74 Å². The Labute approximate surface area is 513 Å². The van der Waals surface area contributed by atoms with Gasteiger partial charge >= 0.3 is 5.97 Å². The fourth-order valence-electron chi connectivity index (χ4n) is 11.7. The normalized spacial score (nSPS) is 12.7. The van der Waals surface area contributed by atoms with Gasteiger partial charge in [-0.2, -0.15) is 0 Å². The molecule has 0 rings (SSSR count). The quantitative estimate of drug-likeness (QED) is 0.0320. The predicted octanol–water partition coefficient (Wildman–Crippen LogP) is 24.3. The van der Waals surface area contributed by atoms with Gasteiger partial charge in [0.2, 0.25) is 5.91 Å². The van der Waals surface area contributed by atoms with E-state index in [0.717, 1.165) is 51.4 Å². The van der Waals surface area contributed by atoms with Crippen LogP contribution in [0.1, 0.15) is 412 Å². The molecule has 0 spiro atoms. The number of hydrogen-bond donors (Lipinski definition) is 3. The number of nitrogens with one attached hydrogen (secondary N) is 1. The molecule has 6 nitrogen and oxygen atoms in total. The van der Waals surface area contributed by atoms with Crippen LogP contribution in [0.15, 0.2) is 36.5 Å². The third-order valence-corrected chi connectivity index (χ3v) is 17.4. The zero-order valence-electron chi connectivity index (χ0n) is 55.5. The molecule has 82 heavy (non-hydrogen) atoms. The number of esters is 1. The minimum absolute atomic E-state index is 0.0104. The molecule has 1 amide bonds. The molecule has 6 heteroatoms. The van der Waals surface area contributed by atoms with Crippen molar-refractivity contribution in [2.45, 2.75) is 424 Å². The van der Waals surface area contributed by atoms with Crippen LogP contribution >= 0.6 is 0 Å². The van der Waals surface area contributed by atoms with Gasteiger partial charge in [-0.15, -0.1) is 0 Å². The summed E-state index contributed by atoms with van der Waals surface area (Å²) in [5.74, 6) is -0.0205. The largest absolute Gasteiger partial charge is 0.466 e. The van der Waals surface area contributed by atoms with Crippen LogP contribution in [0.4, 0.5) is 0 Å². The fraction of sp³-hybridized carbons (Fsp3) is 0.895. The molecular weight excluding hydrogens is 1010 g/mol. The number of ether oxygens (including phenoxy) is 1. The van der Waals surface area contributed by atoms with E-state index in [9.17, 15) is 19.8 Å². The molecule has 0 radical (unpaired) electrons. The standard InChI is InChI=1S/C76H145NO5/c1-3-5-7-9-11-13-15-17-19-36-40-44-48-52-56-60-64-68-74(79)73(72-78)77-75(80)69-65-61-57-53-49-45-41-38-34-32-30-28-26-24-22-21-23-25-27-29-31-33-35-39-43-47-51-55-59-63-67-71-82-76(81)70-66-62-58-54-50-46-42-37-20-18-16-14-12-10-8-6-4-2/h18,20,23,25,29,31,73-74,78-79H,3-17,19,21-22,24,26-28,30,32-72H2,1-2H3,(H,77,80)/b20-18-,25-23-,31-29-. The first-order valence-corrected chi connectivity index (χ1v) is 37.2. The molecule has 2 atom stereocenters. The summed E-state index contributed by atoms with van der Waals surface area (Å²) in [6.07, 6.45) is 92.1. The number of aliphatic hydroxyl groups is 2. The van der Waals surface area contributed by atoms with Crippen molar-refractivity contribution >= 4 is 11.9 Å². The Morgan fingerprint density at radius 2 is 0.610 bits per heavy atom. The Morgan fingerprint density at radius 1 is 0.341 bits per heavy atom. The van der Waals surface area contributed by atoms with Gasteiger partial charge in [-0.3, -0.25) is 9.59 Å². The predicted molar refractivity (Wildman–Crippen MR) is 361 cm³/mol. The smallest absolute Gasteiger partial charge is 0.305 e. The van der Waals surface area contributed by atoms with E-state index in [-0.39, 0.29) is 18.5 Å². The van der Waals surface area contributed by atoms with Crippen molar-refractivity contribution in [1.29, 1.82) is 0 Å². The summed E-state index contributed by atoms with van der Waals surface area (Å²) in [6, 6.07) is -0.542. The summed E-state index contributed by atoms with van der Waals surface area (Å²) in [5, 5.41) is 23.4. The van der Waals surface area contributed by atoms with E-state index in [1.165, 1.54) is 327 Å². The van der Waals surface area contributed by atoms with Crippen LogP contribution < -0.4 is 5.32 Å². The van der Waals surface area contributed by atoms with Crippen molar-refractivity contribution in [2.24, 2.45) is 0 Å². The summed E-state index contributed by atoms with van der Waals surface area (Å²) < 4.78 is 5.50. The van der Waals surface area contributed by atoms with Crippen LogP contribution in [0.5, 0.6) is 0 Å². The van der Waals surface area contributed by atoms with Gasteiger partial charge in [0, 0.05) is 12.8 Å². The Morgan fingerprint density at radius 3 is 0.939 bits per heavy atom. The van der Waals surface area contributed by atoms with Gasteiger partial charge in [-0.25, -0.2) is 0 Å². The summed E-state index contributed by atoms with van der Waals surface area (Å²) in [4.78, 5) is 24.6.